The first-order chi connectivity index (χ1) is 15.1. The number of benzene rings is 2. The van der Waals surface area contributed by atoms with E-state index in [1.54, 1.807) is 0 Å². The number of aryl methyl sites for hydroxylation is 1. The Bertz CT molecular complexity index is 1220. The largest absolute Gasteiger partial charge is 0.367 e. The summed E-state index contributed by atoms with van der Waals surface area (Å²) in [6, 6.07) is 20.2. The van der Waals surface area contributed by atoms with Crippen LogP contribution >= 0.6 is 11.3 Å². The third-order valence-corrected chi connectivity index (χ3v) is 6.84. The van der Waals surface area contributed by atoms with Crippen LogP contribution in [-0.4, -0.2) is 22.2 Å². The summed E-state index contributed by atoms with van der Waals surface area (Å²) in [5.41, 5.74) is 6.51. The molecule has 2 aromatic carbocycles. The first-order valence-corrected chi connectivity index (χ1v) is 11.3. The van der Waals surface area contributed by atoms with E-state index in [4.69, 9.17) is 0 Å². The van der Waals surface area contributed by atoms with Crippen LogP contribution in [0.1, 0.15) is 32.2 Å². The fraction of sp³-hybridized carbons (Fsp3) is 0.200. The van der Waals surface area contributed by atoms with E-state index in [0.717, 1.165) is 42.3 Å². The summed E-state index contributed by atoms with van der Waals surface area (Å²) in [5.74, 6) is -0.134. The number of hydrogen-bond donors (Lipinski definition) is 1. The van der Waals surface area contributed by atoms with Gasteiger partial charge in [0, 0.05) is 29.3 Å². The van der Waals surface area contributed by atoms with Gasteiger partial charge in [-0.05, 0) is 73.7 Å². The van der Waals surface area contributed by atoms with Gasteiger partial charge in [0.15, 0.2) is 0 Å². The average molecular weight is 429 g/mol. The highest BCUT2D eigenvalue weighted by molar-refractivity contribution is 7.10. The molecule has 4 aromatic rings. The zero-order valence-electron chi connectivity index (χ0n) is 17.6. The van der Waals surface area contributed by atoms with E-state index in [-0.39, 0.29) is 5.91 Å². The number of para-hydroxylation sites is 1. The topological polar surface area (TPSA) is 50.2 Å². The monoisotopic (exact) mass is 428 g/mol. The van der Waals surface area contributed by atoms with Gasteiger partial charge in [-0.2, -0.15) is 5.10 Å². The van der Waals surface area contributed by atoms with Crippen LogP contribution in [0.15, 0.2) is 66.0 Å². The quantitative estimate of drug-likeness (QED) is 0.476. The molecule has 3 heterocycles. The van der Waals surface area contributed by atoms with E-state index in [1.165, 1.54) is 16.1 Å². The van der Waals surface area contributed by atoms with Crippen molar-refractivity contribution in [1.29, 1.82) is 0 Å². The van der Waals surface area contributed by atoms with Crippen LogP contribution in [0.2, 0.25) is 0 Å². The van der Waals surface area contributed by atoms with E-state index in [0.29, 0.717) is 5.56 Å². The first-order valence-electron chi connectivity index (χ1n) is 10.4. The van der Waals surface area contributed by atoms with Gasteiger partial charge < -0.3 is 10.2 Å². The van der Waals surface area contributed by atoms with Crippen molar-refractivity contribution in [3.63, 3.8) is 0 Å². The molecule has 0 aliphatic carbocycles. The molecule has 1 aliphatic heterocycles. The Morgan fingerprint density at radius 2 is 1.77 bits per heavy atom. The minimum atomic E-state index is -0.134. The van der Waals surface area contributed by atoms with E-state index < -0.39 is 0 Å². The molecule has 0 fully saturated rings. The molecule has 156 valence electrons. The van der Waals surface area contributed by atoms with E-state index in [2.05, 4.69) is 38.9 Å². The van der Waals surface area contributed by atoms with Gasteiger partial charge in [0.1, 0.15) is 0 Å². The molecular formula is C25H24N4OS. The Hall–Kier alpha value is -3.38. The number of thiophene rings is 1. The Morgan fingerprint density at radius 3 is 2.55 bits per heavy atom. The number of fused-ring (bicyclic) bond motifs is 1. The number of carbonyl (C=O) groups excluding carboxylic acids is 1. The van der Waals surface area contributed by atoms with E-state index in [9.17, 15) is 4.79 Å². The molecule has 2 aromatic heterocycles. The lowest BCUT2D eigenvalue weighted by molar-refractivity contribution is 0.102. The Balaban J connectivity index is 1.32. The van der Waals surface area contributed by atoms with Gasteiger partial charge in [0.2, 0.25) is 0 Å². The first kappa shape index (κ1) is 19.6. The van der Waals surface area contributed by atoms with Crippen LogP contribution in [0.4, 0.5) is 11.4 Å². The highest BCUT2D eigenvalue weighted by atomic mass is 32.1. The van der Waals surface area contributed by atoms with Crippen LogP contribution < -0.4 is 10.2 Å². The lowest BCUT2D eigenvalue weighted by atomic mass is 10.1. The molecule has 31 heavy (non-hydrogen) atoms. The fourth-order valence-corrected chi connectivity index (χ4v) is 5.10. The molecule has 0 radical (unpaired) electrons. The van der Waals surface area contributed by atoms with Crippen molar-refractivity contribution in [2.75, 3.05) is 16.8 Å². The molecule has 0 spiro atoms. The second kappa shape index (κ2) is 8.04. The molecule has 0 saturated heterocycles. The SMILES string of the molecule is Cc1nn(-c2ccccc2)c(C)c1C(=O)Nc1ccc(N2CCc3sccc3C2)cc1. The number of rotatable bonds is 4. The molecule has 6 heteroatoms. The average Bonchev–Trinajstić information content (AvgIpc) is 3.38. The van der Waals surface area contributed by atoms with Gasteiger partial charge in [-0.15, -0.1) is 11.3 Å². The molecule has 0 atom stereocenters. The predicted octanol–water partition coefficient (Wildman–Crippen LogP) is 5.37. The molecule has 1 amide bonds. The van der Waals surface area contributed by atoms with Crippen molar-refractivity contribution in [3.05, 3.63) is 93.4 Å². The van der Waals surface area contributed by atoms with Gasteiger partial charge in [0.25, 0.3) is 5.91 Å². The van der Waals surface area contributed by atoms with Crippen LogP contribution in [0.5, 0.6) is 0 Å². The molecule has 0 unspecified atom stereocenters. The van der Waals surface area contributed by atoms with Crippen molar-refractivity contribution in [3.8, 4) is 5.69 Å². The van der Waals surface area contributed by atoms with Gasteiger partial charge in [-0.3, -0.25) is 4.79 Å². The summed E-state index contributed by atoms with van der Waals surface area (Å²) in [4.78, 5) is 16.9. The van der Waals surface area contributed by atoms with Gasteiger partial charge in [0.05, 0.1) is 22.6 Å². The molecule has 0 bridgehead atoms. The summed E-state index contributed by atoms with van der Waals surface area (Å²) in [5, 5.41) is 9.80. The van der Waals surface area contributed by atoms with Gasteiger partial charge in [-0.1, -0.05) is 18.2 Å². The van der Waals surface area contributed by atoms with Gasteiger partial charge >= 0.3 is 0 Å². The Kier molecular flexibility index (Phi) is 5.08. The van der Waals surface area contributed by atoms with Crippen molar-refractivity contribution in [1.82, 2.24) is 9.78 Å². The minimum Gasteiger partial charge on any atom is -0.367 e. The number of carbonyl (C=O) groups is 1. The van der Waals surface area contributed by atoms with E-state index in [1.807, 2.05) is 72.3 Å². The maximum absolute atomic E-state index is 13.0. The standard InChI is InChI=1S/C25H24N4OS/c1-17-24(18(2)29(27-17)22-6-4-3-5-7-22)25(30)26-20-8-10-21(11-9-20)28-14-12-23-19(16-28)13-15-31-23/h3-11,13,15H,12,14,16H2,1-2H3,(H,26,30). The minimum absolute atomic E-state index is 0.134. The maximum Gasteiger partial charge on any atom is 0.259 e. The molecular weight excluding hydrogens is 404 g/mol. The Morgan fingerprint density at radius 1 is 1.00 bits per heavy atom. The lowest BCUT2D eigenvalue weighted by Crippen LogP contribution is -2.29. The highest BCUT2D eigenvalue weighted by Gasteiger charge is 2.20. The van der Waals surface area contributed by atoms with Crippen LogP contribution in [-0.2, 0) is 13.0 Å². The number of aromatic nitrogens is 2. The summed E-state index contributed by atoms with van der Waals surface area (Å²) >= 11 is 1.85. The number of hydrogen-bond acceptors (Lipinski definition) is 4. The summed E-state index contributed by atoms with van der Waals surface area (Å²) in [6.07, 6.45) is 1.09. The molecule has 0 saturated carbocycles. The Labute approximate surface area is 186 Å². The number of nitrogens with zero attached hydrogens (tertiary/aromatic N) is 3. The van der Waals surface area contributed by atoms with E-state index >= 15 is 0 Å². The summed E-state index contributed by atoms with van der Waals surface area (Å²) in [7, 11) is 0. The second-order valence-corrected chi connectivity index (χ2v) is 8.84. The van der Waals surface area contributed by atoms with Crippen molar-refractivity contribution in [2.24, 2.45) is 0 Å². The molecule has 1 N–H and O–H groups in total. The zero-order chi connectivity index (χ0) is 21.4. The number of anilines is 2. The third-order valence-electron chi connectivity index (χ3n) is 5.82. The zero-order valence-corrected chi connectivity index (χ0v) is 18.4. The van der Waals surface area contributed by atoms with Crippen LogP contribution in [0, 0.1) is 13.8 Å². The van der Waals surface area contributed by atoms with Gasteiger partial charge in [-0.25, -0.2) is 4.68 Å². The van der Waals surface area contributed by atoms with Crippen molar-refractivity contribution >= 4 is 28.6 Å². The maximum atomic E-state index is 13.0. The van der Waals surface area contributed by atoms with Crippen molar-refractivity contribution in [2.45, 2.75) is 26.8 Å². The van der Waals surface area contributed by atoms with Crippen LogP contribution in [0.3, 0.4) is 0 Å². The third kappa shape index (κ3) is 3.75. The molecule has 5 nitrogen and oxygen atoms in total. The lowest BCUT2D eigenvalue weighted by Gasteiger charge is -2.29. The summed E-state index contributed by atoms with van der Waals surface area (Å²) in [6.45, 7) is 5.78. The summed E-state index contributed by atoms with van der Waals surface area (Å²) < 4.78 is 1.82. The number of amides is 1. The molecule has 1 aliphatic rings. The van der Waals surface area contributed by atoms with Crippen LogP contribution in [0.25, 0.3) is 5.69 Å². The smallest absolute Gasteiger partial charge is 0.259 e. The normalized spacial score (nSPS) is 13.2. The highest BCUT2D eigenvalue weighted by Crippen LogP contribution is 2.28. The second-order valence-electron chi connectivity index (χ2n) is 7.83. The predicted molar refractivity (Wildman–Crippen MR) is 127 cm³/mol. The molecule has 5 rings (SSSR count). The van der Waals surface area contributed by atoms with Crippen molar-refractivity contribution < 1.29 is 4.79 Å². The fourth-order valence-electron chi connectivity index (χ4n) is 4.21. The number of nitrogens with one attached hydrogen (secondary N) is 1.